The van der Waals surface area contributed by atoms with Gasteiger partial charge in [0.15, 0.2) is 0 Å². The van der Waals surface area contributed by atoms with E-state index in [4.69, 9.17) is 4.74 Å². The summed E-state index contributed by atoms with van der Waals surface area (Å²) in [5.41, 5.74) is 0.132. The Labute approximate surface area is 145 Å². The van der Waals surface area contributed by atoms with Crippen LogP contribution in [0.25, 0.3) is 10.9 Å². The van der Waals surface area contributed by atoms with Crippen LogP contribution in [0, 0.1) is 0 Å². The number of ether oxygens (including phenoxy) is 1. The van der Waals surface area contributed by atoms with Crippen LogP contribution < -0.4 is 10.9 Å². The molecule has 128 valence electrons. The van der Waals surface area contributed by atoms with Gasteiger partial charge in [0.2, 0.25) is 11.0 Å². The van der Waals surface area contributed by atoms with E-state index in [1.807, 2.05) is 0 Å². The third-order valence-electron chi connectivity index (χ3n) is 3.81. The van der Waals surface area contributed by atoms with Crippen LogP contribution in [0.3, 0.4) is 0 Å². The van der Waals surface area contributed by atoms with Gasteiger partial charge in [-0.1, -0.05) is 28.7 Å². The Bertz CT molecular complexity index is 979. The molecule has 1 fully saturated rings. The summed E-state index contributed by atoms with van der Waals surface area (Å²) in [5.74, 6) is -0.415. The average Bonchev–Trinajstić information content (AvgIpc) is 3.29. The maximum absolute atomic E-state index is 12.3. The Morgan fingerprint density at radius 2 is 2.20 bits per heavy atom. The maximum Gasteiger partial charge on any atom is 0.278 e. The highest BCUT2D eigenvalue weighted by molar-refractivity contribution is 7.15. The van der Waals surface area contributed by atoms with Crippen LogP contribution in [0.1, 0.15) is 24.0 Å². The first kappa shape index (κ1) is 15.8. The van der Waals surface area contributed by atoms with Crippen LogP contribution in [0.4, 0.5) is 5.13 Å². The predicted octanol–water partition coefficient (Wildman–Crippen LogP) is 1.13. The van der Waals surface area contributed by atoms with Crippen LogP contribution >= 0.6 is 11.3 Å². The third-order valence-corrected chi connectivity index (χ3v) is 4.75. The zero-order valence-electron chi connectivity index (χ0n) is 13.1. The molecule has 0 radical (unpaired) electrons. The van der Waals surface area contributed by atoms with E-state index in [2.05, 4.69) is 25.8 Å². The first-order valence-corrected chi connectivity index (χ1v) is 8.60. The van der Waals surface area contributed by atoms with Gasteiger partial charge in [0, 0.05) is 6.61 Å². The molecule has 25 heavy (non-hydrogen) atoms. The molecule has 1 aliphatic heterocycles. The van der Waals surface area contributed by atoms with Crippen LogP contribution in [-0.2, 0) is 16.1 Å². The highest BCUT2D eigenvalue weighted by Crippen LogP contribution is 2.31. The fourth-order valence-electron chi connectivity index (χ4n) is 2.61. The number of benzene rings is 1. The number of carbonyl (C=O) groups excluding carboxylic acids is 1. The molecule has 0 saturated carbocycles. The lowest BCUT2D eigenvalue weighted by molar-refractivity contribution is -0.117. The number of fused-ring (bicyclic) bond motifs is 1. The molecule has 0 unspecified atom stereocenters. The van der Waals surface area contributed by atoms with Crippen molar-refractivity contribution in [2.24, 2.45) is 0 Å². The van der Waals surface area contributed by atoms with Crippen molar-refractivity contribution in [1.82, 2.24) is 25.2 Å². The zero-order valence-corrected chi connectivity index (χ0v) is 13.9. The third kappa shape index (κ3) is 3.26. The van der Waals surface area contributed by atoms with Crippen molar-refractivity contribution in [2.45, 2.75) is 25.5 Å². The van der Waals surface area contributed by atoms with E-state index in [-0.39, 0.29) is 18.2 Å². The van der Waals surface area contributed by atoms with Crippen molar-refractivity contribution in [1.29, 1.82) is 0 Å². The minimum atomic E-state index is -0.415. The number of amides is 1. The molecule has 10 heteroatoms. The van der Waals surface area contributed by atoms with E-state index in [1.165, 1.54) is 11.3 Å². The number of nitrogens with zero attached hydrogens (tertiary/aromatic N) is 5. The number of aromatic nitrogens is 5. The summed E-state index contributed by atoms with van der Waals surface area (Å²) in [5, 5.41) is 19.9. The standard InChI is InChI=1S/C15H14N6O3S/c22-12(16-15-19-18-13(25-15)11-6-3-7-24-11)8-21-14(23)9-4-1-2-5-10(9)17-20-21/h1-2,4-5,11H,3,6-8H2,(H,16,19,22)/t11-/m1/s1. The van der Waals surface area contributed by atoms with Gasteiger partial charge in [0.25, 0.3) is 5.56 Å². The van der Waals surface area contributed by atoms with Gasteiger partial charge in [-0.05, 0) is 25.0 Å². The topological polar surface area (TPSA) is 112 Å². The van der Waals surface area contributed by atoms with Gasteiger partial charge < -0.3 is 4.74 Å². The number of nitrogens with one attached hydrogen (secondary N) is 1. The second-order valence-corrected chi connectivity index (χ2v) is 6.57. The average molecular weight is 358 g/mol. The molecular weight excluding hydrogens is 344 g/mol. The summed E-state index contributed by atoms with van der Waals surface area (Å²) >= 11 is 1.27. The van der Waals surface area contributed by atoms with Gasteiger partial charge in [-0.2, -0.15) is 0 Å². The van der Waals surface area contributed by atoms with Gasteiger partial charge in [-0.15, -0.1) is 15.3 Å². The Hall–Kier alpha value is -2.72. The highest BCUT2D eigenvalue weighted by atomic mass is 32.1. The minimum absolute atomic E-state index is 0.0443. The summed E-state index contributed by atoms with van der Waals surface area (Å²) in [6.45, 7) is 0.473. The lowest BCUT2D eigenvalue weighted by atomic mass is 10.2. The van der Waals surface area contributed by atoms with E-state index in [9.17, 15) is 9.59 Å². The van der Waals surface area contributed by atoms with Crippen LogP contribution in [-0.4, -0.2) is 37.7 Å². The first-order chi connectivity index (χ1) is 12.2. The Morgan fingerprint density at radius 1 is 1.32 bits per heavy atom. The van der Waals surface area contributed by atoms with Gasteiger partial charge in [0.05, 0.1) is 5.39 Å². The van der Waals surface area contributed by atoms with Crippen LogP contribution in [0.5, 0.6) is 0 Å². The lowest BCUT2D eigenvalue weighted by Gasteiger charge is -2.04. The maximum atomic E-state index is 12.3. The molecular formula is C15H14N6O3S. The van der Waals surface area contributed by atoms with Gasteiger partial charge >= 0.3 is 0 Å². The smallest absolute Gasteiger partial charge is 0.278 e. The van der Waals surface area contributed by atoms with E-state index in [0.29, 0.717) is 16.0 Å². The largest absolute Gasteiger partial charge is 0.371 e. The molecule has 1 aliphatic rings. The molecule has 1 aromatic carbocycles. The number of rotatable bonds is 4. The number of carbonyl (C=O) groups is 1. The Morgan fingerprint density at radius 3 is 3.04 bits per heavy atom. The monoisotopic (exact) mass is 358 g/mol. The summed E-state index contributed by atoms with van der Waals surface area (Å²) in [4.78, 5) is 24.5. The molecule has 0 bridgehead atoms. The molecule has 0 aliphatic carbocycles. The van der Waals surface area contributed by atoms with E-state index >= 15 is 0 Å². The van der Waals surface area contributed by atoms with E-state index in [0.717, 1.165) is 29.1 Å². The molecule has 2 aromatic heterocycles. The summed E-state index contributed by atoms with van der Waals surface area (Å²) in [7, 11) is 0. The SMILES string of the molecule is O=C(Cn1nnc2ccccc2c1=O)Nc1nnc([C@H]2CCCO2)s1. The Balaban J connectivity index is 1.47. The molecule has 3 heterocycles. The van der Waals surface area contributed by atoms with Crippen molar-refractivity contribution in [2.75, 3.05) is 11.9 Å². The molecule has 3 aromatic rings. The van der Waals surface area contributed by atoms with Crippen LogP contribution in [0.2, 0.25) is 0 Å². The van der Waals surface area contributed by atoms with Crippen molar-refractivity contribution in [3.63, 3.8) is 0 Å². The van der Waals surface area contributed by atoms with E-state index < -0.39 is 5.91 Å². The molecule has 9 nitrogen and oxygen atoms in total. The second-order valence-electron chi connectivity index (χ2n) is 5.56. The first-order valence-electron chi connectivity index (χ1n) is 7.78. The number of hydrogen-bond acceptors (Lipinski definition) is 8. The molecule has 0 spiro atoms. The van der Waals surface area contributed by atoms with Crippen molar-refractivity contribution < 1.29 is 9.53 Å². The normalized spacial score (nSPS) is 17.0. The molecule has 1 amide bonds. The van der Waals surface area contributed by atoms with E-state index in [1.54, 1.807) is 24.3 Å². The Kier molecular flexibility index (Phi) is 4.20. The molecule has 4 rings (SSSR count). The fourth-order valence-corrected chi connectivity index (χ4v) is 3.45. The summed E-state index contributed by atoms with van der Waals surface area (Å²) in [6, 6.07) is 6.86. The minimum Gasteiger partial charge on any atom is -0.371 e. The van der Waals surface area contributed by atoms with Crippen LogP contribution in [0.15, 0.2) is 29.1 Å². The highest BCUT2D eigenvalue weighted by Gasteiger charge is 2.22. The summed E-state index contributed by atoms with van der Waals surface area (Å²) < 4.78 is 6.57. The van der Waals surface area contributed by atoms with Gasteiger partial charge in [-0.25, -0.2) is 4.68 Å². The quantitative estimate of drug-likeness (QED) is 0.744. The zero-order chi connectivity index (χ0) is 17.2. The molecule has 1 N–H and O–H groups in total. The predicted molar refractivity (Wildman–Crippen MR) is 90.3 cm³/mol. The summed E-state index contributed by atoms with van der Waals surface area (Å²) in [6.07, 6.45) is 1.86. The van der Waals surface area contributed by atoms with Crippen molar-refractivity contribution in [3.8, 4) is 0 Å². The van der Waals surface area contributed by atoms with Crippen molar-refractivity contribution >= 4 is 33.3 Å². The van der Waals surface area contributed by atoms with Crippen molar-refractivity contribution in [3.05, 3.63) is 39.6 Å². The molecule has 1 atom stereocenters. The fraction of sp³-hybridized carbons (Fsp3) is 0.333. The number of anilines is 1. The van der Waals surface area contributed by atoms with Gasteiger partial charge in [0.1, 0.15) is 23.2 Å². The molecule has 1 saturated heterocycles. The second kappa shape index (κ2) is 6.65. The van der Waals surface area contributed by atoms with Gasteiger partial charge in [-0.3, -0.25) is 14.9 Å². The lowest BCUT2D eigenvalue weighted by Crippen LogP contribution is -2.30. The number of hydrogen-bond donors (Lipinski definition) is 1.